The predicted octanol–water partition coefficient (Wildman–Crippen LogP) is 0.425. The first kappa shape index (κ1) is 13.0. The van der Waals surface area contributed by atoms with E-state index in [0.717, 1.165) is 19.4 Å². The minimum atomic E-state index is 0.130. The Kier molecular flexibility index (Phi) is 4.30. The van der Waals surface area contributed by atoms with E-state index >= 15 is 0 Å². The molecule has 18 heavy (non-hydrogen) atoms. The summed E-state index contributed by atoms with van der Waals surface area (Å²) in [5.74, 6) is 1.47. The lowest BCUT2D eigenvalue weighted by Crippen LogP contribution is -2.42. The smallest absolute Gasteiger partial charge is 0.228 e. The van der Waals surface area contributed by atoms with Gasteiger partial charge in [0.05, 0.1) is 0 Å². The van der Waals surface area contributed by atoms with Gasteiger partial charge in [-0.25, -0.2) is 0 Å². The third-order valence-electron chi connectivity index (χ3n) is 3.20. The maximum Gasteiger partial charge on any atom is 0.228 e. The van der Waals surface area contributed by atoms with E-state index in [4.69, 9.17) is 4.52 Å². The number of aryl methyl sites for hydroxylation is 1. The van der Waals surface area contributed by atoms with E-state index in [1.165, 1.54) is 0 Å². The SMILES string of the molecule is Cc1noc(CCNC(=O)C2CCNC(C)C2)n1. The Bertz CT molecular complexity index is 405. The van der Waals surface area contributed by atoms with Gasteiger partial charge in [0.2, 0.25) is 11.8 Å². The molecule has 100 valence electrons. The molecule has 1 aromatic rings. The Morgan fingerprint density at radius 2 is 2.44 bits per heavy atom. The molecular formula is C12H20N4O2. The molecular weight excluding hydrogens is 232 g/mol. The highest BCUT2D eigenvalue weighted by molar-refractivity contribution is 5.78. The largest absolute Gasteiger partial charge is 0.355 e. The van der Waals surface area contributed by atoms with Crippen LogP contribution in [0, 0.1) is 12.8 Å². The molecule has 2 unspecified atom stereocenters. The van der Waals surface area contributed by atoms with E-state index in [9.17, 15) is 4.79 Å². The normalized spacial score (nSPS) is 23.9. The van der Waals surface area contributed by atoms with Gasteiger partial charge in [-0.3, -0.25) is 4.79 Å². The molecule has 0 aliphatic carbocycles. The van der Waals surface area contributed by atoms with Gasteiger partial charge < -0.3 is 15.2 Å². The van der Waals surface area contributed by atoms with E-state index in [1.807, 2.05) is 0 Å². The summed E-state index contributed by atoms with van der Waals surface area (Å²) in [5, 5.41) is 9.98. The van der Waals surface area contributed by atoms with Gasteiger partial charge in [-0.2, -0.15) is 4.98 Å². The van der Waals surface area contributed by atoms with Crippen molar-refractivity contribution >= 4 is 5.91 Å². The molecule has 0 radical (unpaired) electrons. The summed E-state index contributed by atoms with van der Waals surface area (Å²) in [7, 11) is 0. The topological polar surface area (TPSA) is 80.0 Å². The van der Waals surface area contributed by atoms with Crippen LogP contribution in [0.25, 0.3) is 0 Å². The number of nitrogens with one attached hydrogen (secondary N) is 2. The first-order chi connectivity index (χ1) is 8.65. The van der Waals surface area contributed by atoms with E-state index in [-0.39, 0.29) is 11.8 Å². The Balaban J connectivity index is 1.71. The minimum Gasteiger partial charge on any atom is -0.355 e. The molecule has 0 bridgehead atoms. The molecule has 1 aromatic heterocycles. The molecule has 1 saturated heterocycles. The second-order valence-electron chi connectivity index (χ2n) is 4.85. The van der Waals surface area contributed by atoms with Crippen LogP contribution in [0.1, 0.15) is 31.5 Å². The lowest BCUT2D eigenvalue weighted by atomic mass is 9.92. The summed E-state index contributed by atoms with van der Waals surface area (Å²) >= 11 is 0. The van der Waals surface area contributed by atoms with Gasteiger partial charge in [-0.05, 0) is 33.2 Å². The minimum absolute atomic E-state index is 0.130. The van der Waals surface area contributed by atoms with Gasteiger partial charge in [0.1, 0.15) is 0 Å². The molecule has 2 N–H and O–H groups in total. The van der Waals surface area contributed by atoms with Crippen molar-refractivity contribution in [3.05, 3.63) is 11.7 Å². The number of carbonyl (C=O) groups excluding carboxylic acids is 1. The molecule has 0 spiro atoms. The zero-order valence-corrected chi connectivity index (χ0v) is 10.9. The van der Waals surface area contributed by atoms with Crippen LogP contribution in [0.5, 0.6) is 0 Å². The van der Waals surface area contributed by atoms with Gasteiger partial charge in [0.25, 0.3) is 0 Å². The zero-order chi connectivity index (χ0) is 13.0. The monoisotopic (exact) mass is 252 g/mol. The number of carbonyl (C=O) groups is 1. The van der Waals surface area contributed by atoms with Crippen molar-refractivity contribution in [1.82, 2.24) is 20.8 Å². The van der Waals surface area contributed by atoms with Crippen LogP contribution in [0.4, 0.5) is 0 Å². The summed E-state index contributed by atoms with van der Waals surface area (Å²) in [5.41, 5.74) is 0. The van der Waals surface area contributed by atoms with Crippen LogP contribution in [-0.4, -0.2) is 35.2 Å². The van der Waals surface area contributed by atoms with Crippen molar-refractivity contribution in [3.8, 4) is 0 Å². The Labute approximate surface area is 107 Å². The van der Waals surface area contributed by atoms with Crippen LogP contribution in [0.3, 0.4) is 0 Å². The molecule has 1 aliphatic rings. The van der Waals surface area contributed by atoms with E-state index in [1.54, 1.807) is 6.92 Å². The summed E-state index contributed by atoms with van der Waals surface area (Å²) < 4.78 is 4.99. The molecule has 6 nitrogen and oxygen atoms in total. The second kappa shape index (κ2) is 5.95. The van der Waals surface area contributed by atoms with Crippen molar-refractivity contribution < 1.29 is 9.32 Å². The highest BCUT2D eigenvalue weighted by Crippen LogP contribution is 2.15. The van der Waals surface area contributed by atoms with Crippen molar-refractivity contribution in [2.24, 2.45) is 5.92 Å². The fraction of sp³-hybridized carbons (Fsp3) is 0.750. The Morgan fingerprint density at radius 1 is 1.61 bits per heavy atom. The lowest BCUT2D eigenvalue weighted by molar-refractivity contribution is -0.126. The third-order valence-corrected chi connectivity index (χ3v) is 3.20. The molecule has 1 fully saturated rings. The van der Waals surface area contributed by atoms with Crippen molar-refractivity contribution in [2.45, 2.75) is 39.2 Å². The summed E-state index contributed by atoms with van der Waals surface area (Å²) in [4.78, 5) is 16.0. The quantitative estimate of drug-likeness (QED) is 0.812. The maximum absolute atomic E-state index is 11.9. The number of rotatable bonds is 4. The second-order valence-corrected chi connectivity index (χ2v) is 4.85. The lowest BCUT2D eigenvalue weighted by Gasteiger charge is -2.27. The number of amides is 1. The van der Waals surface area contributed by atoms with Crippen LogP contribution >= 0.6 is 0 Å². The molecule has 1 amide bonds. The van der Waals surface area contributed by atoms with E-state index in [0.29, 0.717) is 30.7 Å². The Hall–Kier alpha value is -1.43. The highest BCUT2D eigenvalue weighted by atomic mass is 16.5. The average molecular weight is 252 g/mol. The third kappa shape index (κ3) is 3.53. The highest BCUT2D eigenvalue weighted by Gasteiger charge is 2.24. The molecule has 1 aliphatic heterocycles. The number of hydrogen-bond donors (Lipinski definition) is 2. The van der Waals surface area contributed by atoms with Gasteiger partial charge in [-0.1, -0.05) is 5.16 Å². The van der Waals surface area contributed by atoms with E-state index < -0.39 is 0 Å². The summed E-state index contributed by atoms with van der Waals surface area (Å²) in [6, 6.07) is 0.424. The van der Waals surface area contributed by atoms with Gasteiger partial charge in [0.15, 0.2) is 5.82 Å². The average Bonchev–Trinajstić information content (AvgIpc) is 2.75. The van der Waals surface area contributed by atoms with E-state index in [2.05, 4.69) is 27.7 Å². The first-order valence-corrected chi connectivity index (χ1v) is 6.45. The van der Waals surface area contributed by atoms with Gasteiger partial charge >= 0.3 is 0 Å². The zero-order valence-electron chi connectivity index (χ0n) is 10.9. The van der Waals surface area contributed by atoms with Crippen LogP contribution < -0.4 is 10.6 Å². The van der Waals surface area contributed by atoms with Crippen molar-refractivity contribution in [1.29, 1.82) is 0 Å². The predicted molar refractivity (Wildman–Crippen MR) is 65.9 cm³/mol. The molecule has 2 heterocycles. The summed E-state index contributed by atoms with van der Waals surface area (Å²) in [6.07, 6.45) is 2.41. The standard InChI is InChI=1S/C12H20N4O2/c1-8-7-10(3-5-13-8)12(17)14-6-4-11-15-9(2)16-18-11/h8,10,13H,3-7H2,1-2H3,(H,14,17). The molecule has 2 rings (SSSR count). The van der Waals surface area contributed by atoms with Crippen LogP contribution in [-0.2, 0) is 11.2 Å². The first-order valence-electron chi connectivity index (χ1n) is 6.45. The number of hydrogen-bond acceptors (Lipinski definition) is 5. The number of aromatic nitrogens is 2. The fourth-order valence-electron chi connectivity index (χ4n) is 2.25. The van der Waals surface area contributed by atoms with Crippen molar-refractivity contribution in [2.75, 3.05) is 13.1 Å². The Morgan fingerprint density at radius 3 is 3.11 bits per heavy atom. The molecule has 0 aromatic carbocycles. The number of nitrogens with zero attached hydrogens (tertiary/aromatic N) is 2. The molecule has 0 saturated carbocycles. The van der Waals surface area contributed by atoms with Gasteiger partial charge in [0, 0.05) is 24.9 Å². The number of piperidine rings is 1. The molecule has 2 atom stereocenters. The van der Waals surface area contributed by atoms with Crippen LogP contribution in [0.2, 0.25) is 0 Å². The van der Waals surface area contributed by atoms with Crippen LogP contribution in [0.15, 0.2) is 4.52 Å². The molecule has 6 heteroatoms. The maximum atomic E-state index is 11.9. The summed E-state index contributed by atoms with van der Waals surface area (Å²) in [6.45, 7) is 5.36. The van der Waals surface area contributed by atoms with Crippen molar-refractivity contribution in [3.63, 3.8) is 0 Å². The van der Waals surface area contributed by atoms with Gasteiger partial charge in [-0.15, -0.1) is 0 Å². The fourth-order valence-corrected chi connectivity index (χ4v) is 2.25.